The Morgan fingerprint density at radius 3 is 1.20 bits per heavy atom. The molecule has 0 aliphatic rings. The average molecular weight is 357 g/mol. The molecule has 0 N–H and O–H groups in total. The third-order valence-electron chi connectivity index (χ3n) is 0. The van der Waals surface area contributed by atoms with E-state index in [0.29, 0.717) is 0 Å². The monoisotopic (exact) mass is 356 g/mol. The van der Waals surface area contributed by atoms with Crippen molar-refractivity contribution in [1.29, 1.82) is 0 Å². The Hall–Kier alpha value is 2.29. The van der Waals surface area contributed by atoms with E-state index in [9.17, 15) is 0 Å². The maximum absolute atomic E-state index is 4.26. The van der Waals surface area contributed by atoms with Gasteiger partial charge in [-0.25, -0.2) is 0 Å². The van der Waals surface area contributed by atoms with Crippen molar-refractivity contribution in [3.05, 3.63) is 0 Å². The number of rotatable bonds is 0. The molecule has 0 aromatic carbocycles. The molecule has 0 amide bonds. The third kappa shape index (κ3) is 22.1. The summed E-state index contributed by atoms with van der Waals surface area (Å²) in [6, 6.07) is 0. The smallest absolute Gasteiger partial charge is 0.0832 e. The zero-order chi connectivity index (χ0) is 2.71. The van der Waals surface area contributed by atoms with E-state index in [-0.39, 0.29) is 52.0 Å². The topological polar surface area (TPSA) is 9.23 Å². The van der Waals surface area contributed by atoms with Crippen LogP contribution in [0.25, 0.3) is 0 Å². The van der Waals surface area contributed by atoms with E-state index in [4.69, 9.17) is 0 Å². The largest absolute Gasteiger partial charge is 0.166 e. The molecule has 0 radical (unpaired) electrons. The van der Waals surface area contributed by atoms with E-state index in [0.717, 1.165) is 0 Å². The van der Waals surface area contributed by atoms with Gasteiger partial charge in [-0.05, 0) is 0 Å². The summed E-state index contributed by atoms with van der Waals surface area (Å²) in [6.07, 6.45) is 0. The fourth-order valence-corrected chi connectivity index (χ4v) is 0. The first kappa shape index (κ1) is 15.7. The molecule has 0 unspecified atom stereocenters. The molecule has 0 rings (SSSR count). The van der Waals surface area contributed by atoms with Crippen LogP contribution in [0.4, 0.5) is 0 Å². The first-order valence-corrected chi connectivity index (χ1v) is 0.926. The van der Waals surface area contributed by atoms with Crippen molar-refractivity contribution < 1.29 is 55.9 Å². The zero-order valence-electron chi connectivity index (χ0n) is 2.16. The van der Waals surface area contributed by atoms with Crippen LogP contribution in [-0.4, -0.2) is 0 Å². The summed E-state index contributed by atoms with van der Waals surface area (Å²) in [6.45, 7) is 0. The van der Waals surface area contributed by atoms with Crippen LogP contribution in [0.2, 0.25) is 0 Å². The Kier molecular flexibility index (Phi) is 51.0. The van der Waals surface area contributed by atoms with E-state index >= 15 is 0 Å². The van der Waals surface area contributed by atoms with Crippen LogP contribution in [-0.2, 0) is 55.9 Å². The number of hydrogen-bond acceptors (Lipinski definition) is 1. The fraction of sp³-hybridized carbons (Fsp3) is 0. The molecule has 0 bridgehead atoms. The van der Waals surface area contributed by atoms with E-state index in [1.165, 1.54) is 0 Å². The zero-order valence-corrected chi connectivity index (χ0v) is 9.73. The van der Waals surface area contributed by atoms with Crippen LogP contribution in [0.5, 0.6) is 0 Å². The van der Waals surface area contributed by atoms with Crippen molar-refractivity contribution in [3.63, 3.8) is 0 Å². The normalized spacial score (nSPS) is 3.60. The minimum absolute atomic E-state index is 0. The van der Waals surface area contributed by atoms with Crippen LogP contribution in [0.1, 0.15) is 0 Å². The van der Waals surface area contributed by atoms with Gasteiger partial charge < -0.3 is 0 Å². The molecule has 0 aliphatic heterocycles. The molecule has 0 aliphatic carbocycles. The van der Waals surface area contributed by atoms with Crippen molar-refractivity contribution in [2.75, 3.05) is 0 Å². The van der Waals surface area contributed by atoms with Gasteiger partial charge in [0.1, 0.15) is 0 Å². The Labute approximate surface area is 78.6 Å². The van der Waals surface area contributed by atoms with Crippen molar-refractivity contribution in [2.24, 2.45) is 0 Å². The summed E-state index contributed by atoms with van der Waals surface area (Å²) in [5.41, 5.74) is 0. The molecule has 0 aromatic rings. The van der Waals surface area contributed by atoms with Gasteiger partial charge in [0.15, 0.2) is 0 Å². The summed E-state index contributed by atoms with van der Waals surface area (Å²) in [5.74, 6) is 0. The van der Waals surface area contributed by atoms with Crippen LogP contribution in [0.15, 0.2) is 0 Å². The first-order chi connectivity index (χ1) is 1.41. The number of halogens is 2. The van der Waals surface area contributed by atoms with Crippen LogP contribution < -0.4 is 0 Å². The summed E-state index contributed by atoms with van der Waals surface area (Å²) in [7, 11) is 0. The van der Waals surface area contributed by atoms with Crippen LogP contribution >= 0.6 is 23.7 Å². The van der Waals surface area contributed by atoms with Gasteiger partial charge in [-0.2, -0.15) is 3.84 Å². The van der Waals surface area contributed by atoms with Crippen LogP contribution in [0.3, 0.4) is 0 Å². The Morgan fingerprint density at radius 1 is 1.20 bits per heavy atom. The molecular formula is Cl2HfOZr. The molecule has 5 heavy (non-hydrogen) atoms. The van der Waals surface area contributed by atoms with Gasteiger partial charge in [-0.3, -0.25) is 0 Å². The van der Waals surface area contributed by atoms with E-state index in [1.807, 2.05) is 0 Å². The van der Waals surface area contributed by atoms with E-state index in [1.54, 1.807) is 0 Å². The van der Waals surface area contributed by atoms with E-state index in [2.05, 4.69) is 27.6 Å². The maximum atomic E-state index is 4.26. The number of hydrogen-bond donors (Lipinski definition) is 0. The molecule has 0 aromatic heterocycles. The van der Waals surface area contributed by atoms with E-state index < -0.39 is 0 Å². The standard InChI is InChI=1S/Cl2O.Hf.Zr/c1-3-2;;. The maximum Gasteiger partial charge on any atom is 0.0832 e. The second kappa shape index (κ2) is 16.3. The molecule has 0 fully saturated rings. The van der Waals surface area contributed by atoms with Gasteiger partial charge in [-0.1, -0.05) is 0 Å². The fourth-order valence-electron chi connectivity index (χ4n) is 0. The molecule has 0 spiro atoms. The molecule has 0 saturated carbocycles. The van der Waals surface area contributed by atoms with Gasteiger partial charge >= 0.3 is 0 Å². The molecule has 0 heterocycles. The molecular weight excluding hydrogens is 357 g/mol. The molecule has 5 heteroatoms. The Morgan fingerprint density at radius 2 is 1.20 bits per heavy atom. The molecule has 0 atom stereocenters. The molecule has 0 saturated heterocycles. The average Bonchev–Trinajstić information content (AvgIpc) is 0.918. The predicted molar refractivity (Wildman–Crippen MR) is 12.8 cm³/mol. The second-order valence-electron chi connectivity index (χ2n) is 0.0583. The minimum Gasteiger partial charge on any atom is -0.166 e. The van der Waals surface area contributed by atoms with Crippen molar-refractivity contribution in [1.82, 2.24) is 0 Å². The summed E-state index contributed by atoms with van der Waals surface area (Å²) in [4.78, 5) is 0. The first-order valence-electron chi connectivity index (χ1n) is 0.309. The van der Waals surface area contributed by atoms with Crippen molar-refractivity contribution in [2.45, 2.75) is 0 Å². The van der Waals surface area contributed by atoms with Crippen molar-refractivity contribution >= 4 is 23.7 Å². The molecule has 1 nitrogen and oxygen atoms in total. The van der Waals surface area contributed by atoms with Gasteiger partial charge in [-0.15, -0.1) is 0 Å². The SMILES string of the molecule is ClOCl.[Hf].[Zr]. The Bertz CT molecular complexity index is 9.61. The van der Waals surface area contributed by atoms with Gasteiger partial charge in [0.2, 0.25) is 0 Å². The summed E-state index contributed by atoms with van der Waals surface area (Å²) < 4.78 is 3.19. The third-order valence-corrected chi connectivity index (χ3v) is 0. The quantitative estimate of drug-likeness (QED) is 0.595. The van der Waals surface area contributed by atoms with Gasteiger partial charge in [0, 0.05) is 52.0 Å². The summed E-state index contributed by atoms with van der Waals surface area (Å²) >= 11 is 8.53. The summed E-state index contributed by atoms with van der Waals surface area (Å²) in [5, 5.41) is 0. The van der Waals surface area contributed by atoms with Gasteiger partial charge in [0.25, 0.3) is 0 Å². The van der Waals surface area contributed by atoms with Gasteiger partial charge in [0.05, 0.1) is 23.7 Å². The van der Waals surface area contributed by atoms with Crippen LogP contribution in [0, 0.1) is 0 Å². The van der Waals surface area contributed by atoms with Crippen molar-refractivity contribution in [3.8, 4) is 0 Å². The minimum atomic E-state index is 0. The second-order valence-corrected chi connectivity index (χ2v) is 0.525. The molecule has 28 valence electrons. The Balaban J connectivity index is -0.0000000200. The predicted octanol–water partition coefficient (Wildman–Crippen LogP) is 1.31.